The van der Waals surface area contributed by atoms with E-state index in [1.54, 1.807) is 0 Å². The molecule has 0 radical (unpaired) electrons. The Hall–Kier alpha value is -2.18. The van der Waals surface area contributed by atoms with Crippen LogP contribution in [0.4, 0.5) is 0 Å². The van der Waals surface area contributed by atoms with E-state index in [0.717, 1.165) is 49.0 Å². The minimum Gasteiger partial charge on any atom is -0.372 e. The lowest BCUT2D eigenvalue weighted by atomic mass is 9.98. The van der Waals surface area contributed by atoms with Gasteiger partial charge in [0, 0.05) is 42.9 Å². The summed E-state index contributed by atoms with van der Waals surface area (Å²) in [5.41, 5.74) is 3.49. The molecule has 6 heteroatoms. The zero-order valence-corrected chi connectivity index (χ0v) is 13.9. The normalized spacial score (nSPS) is 21.4. The van der Waals surface area contributed by atoms with E-state index in [-0.39, 0.29) is 6.10 Å². The van der Waals surface area contributed by atoms with E-state index in [9.17, 15) is 0 Å². The lowest BCUT2D eigenvalue weighted by molar-refractivity contribution is -0.0112. The van der Waals surface area contributed by atoms with Crippen LogP contribution in [0.5, 0.6) is 0 Å². The van der Waals surface area contributed by atoms with Crippen molar-refractivity contribution in [1.29, 1.82) is 0 Å². The molecule has 1 saturated heterocycles. The number of hydrogen-bond donors (Lipinski definition) is 2. The molecule has 3 heterocycles. The first kappa shape index (κ1) is 15.4. The first-order valence-corrected chi connectivity index (χ1v) is 8.63. The molecule has 2 N–H and O–H groups in total. The summed E-state index contributed by atoms with van der Waals surface area (Å²) < 4.78 is 8.00. The molecule has 0 saturated carbocycles. The third-order valence-electron chi connectivity index (χ3n) is 4.70. The monoisotopic (exact) mass is 325 g/mol. The lowest BCUT2D eigenvalue weighted by Gasteiger charge is -2.32. The number of H-pyrrole nitrogens is 1. The number of ether oxygens (including phenoxy) is 1. The van der Waals surface area contributed by atoms with E-state index in [2.05, 4.69) is 51.9 Å². The molecule has 24 heavy (non-hydrogen) atoms. The van der Waals surface area contributed by atoms with Gasteiger partial charge in [0.1, 0.15) is 6.10 Å². The maximum absolute atomic E-state index is 6.05. The topological polar surface area (TPSA) is 67.8 Å². The first-order valence-electron chi connectivity index (χ1n) is 8.63. The van der Waals surface area contributed by atoms with Gasteiger partial charge in [-0.05, 0) is 31.4 Å². The second-order valence-electron chi connectivity index (χ2n) is 6.34. The Morgan fingerprint density at radius 3 is 3.21 bits per heavy atom. The summed E-state index contributed by atoms with van der Waals surface area (Å²) in [7, 11) is 0. The molecule has 126 valence electrons. The number of benzene rings is 1. The van der Waals surface area contributed by atoms with E-state index >= 15 is 0 Å². The van der Waals surface area contributed by atoms with Crippen molar-refractivity contribution in [2.75, 3.05) is 6.61 Å². The standard InChI is InChI=1S/C18H23N5O/c1-2-23-12-15(11-21-23)18-16(4-3-7-24-18)19-9-13-5-6-14-10-20-22-17(14)8-13/h5-6,8,10-12,16,18-19H,2-4,7,9H2,1H3,(H,20,22)/t16-,18+/m0/s1. The summed E-state index contributed by atoms with van der Waals surface area (Å²) in [6.07, 6.45) is 8.17. The molecule has 0 bridgehead atoms. The Balaban J connectivity index is 1.46. The third kappa shape index (κ3) is 3.07. The van der Waals surface area contributed by atoms with Gasteiger partial charge < -0.3 is 10.1 Å². The zero-order valence-electron chi connectivity index (χ0n) is 13.9. The molecule has 4 rings (SSSR count). The van der Waals surface area contributed by atoms with Crippen LogP contribution in [-0.2, 0) is 17.8 Å². The average molecular weight is 325 g/mol. The molecule has 0 aliphatic carbocycles. The highest BCUT2D eigenvalue weighted by Crippen LogP contribution is 2.28. The highest BCUT2D eigenvalue weighted by molar-refractivity contribution is 5.78. The number of aromatic amines is 1. The van der Waals surface area contributed by atoms with Gasteiger partial charge in [0.25, 0.3) is 0 Å². The van der Waals surface area contributed by atoms with Crippen LogP contribution >= 0.6 is 0 Å². The van der Waals surface area contributed by atoms with Gasteiger partial charge in [0.05, 0.1) is 17.9 Å². The molecule has 2 atom stereocenters. The number of nitrogens with zero attached hydrogens (tertiary/aromatic N) is 3. The van der Waals surface area contributed by atoms with Crippen molar-refractivity contribution in [1.82, 2.24) is 25.3 Å². The fourth-order valence-electron chi connectivity index (χ4n) is 3.36. The van der Waals surface area contributed by atoms with Crippen molar-refractivity contribution in [2.24, 2.45) is 0 Å². The second-order valence-corrected chi connectivity index (χ2v) is 6.34. The molecular weight excluding hydrogens is 302 g/mol. The van der Waals surface area contributed by atoms with E-state index in [0.29, 0.717) is 6.04 Å². The minimum atomic E-state index is 0.0786. The number of aryl methyl sites for hydroxylation is 1. The van der Waals surface area contributed by atoms with Crippen molar-refractivity contribution in [3.05, 3.63) is 47.9 Å². The molecule has 1 aromatic carbocycles. The zero-order chi connectivity index (χ0) is 16.4. The van der Waals surface area contributed by atoms with Gasteiger partial charge in [-0.1, -0.05) is 12.1 Å². The number of aromatic nitrogens is 4. The van der Waals surface area contributed by atoms with Crippen molar-refractivity contribution >= 4 is 10.9 Å². The fourth-order valence-corrected chi connectivity index (χ4v) is 3.36. The molecule has 1 aliphatic rings. The Labute approximate surface area is 141 Å². The first-order chi connectivity index (χ1) is 11.8. The summed E-state index contributed by atoms with van der Waals surface area (Å²) in [4.78, 5) is 0. The molecule has 2 aromatic heterocycles. The molecule has 0 unspecified atom stereocenters. The number of rotatable bonds is 5. The van der Waals surface area contributed by atoms with Crippen LogP contribution in [0.2, 0.25) is 0 Å². The van der Waals surface area contributed by atoms with Gasteiger partial charge in [0.2, 0.25) is 0 Å². The van der Waals surface area contributed by atoms with Crippen molar-refractivity contribution in [3.63, 3.8) is 0 Å². The second kappa shape index (κ2) is 6.75. The van der Waals surface area contributed by atoms with Crippen LogP contribution < -0.4 is 5.32 Å². The predicted molar refractivity (Wildman–Crippen MR) is 92.5 cm³/mol. The molecule has 0 amide bonds. The summed E-state index contributed by atoms with van der Waals surface area (Å²) in [6.45, 7) is 4.62. The Kier molecular flexibility index (Phi) is 4.32. The van der Waals surface area contributed by atoms with E-state index < -0.39 is 0 Å². The maximum atomic E-state index is 6.05. The van der Waals surface area contributed by atoms with E-state index in [1.807, 2.05) is 17.1 Å². The van der Waals surface area contributed by atoms with Gasteiger partial charge in [0.15, 0.2) is 0 Å². The van der Waals surface area contributed by atoms with Crippen molar-refractivity contribution in [3.8, 4) is 0 Å². The summed E-state index contributed by atoms with van der Waals surface area (Å²) in [5, 5.41) is 16.3. The SMILES string of the molecule is CCn1cc([C@H]2OCCC[C@@H]2NCc2ccc3cn[nH]c3c2)cn1. The highest BCUT2D eigenvalue weighted by atomic mass is 16.5. The van der Waals surface area contributed by atoms with Crippen LogP contribution in [0.3, 0.4) is 0 Å². The van der Waals surface area contributed by atoms with Gasteiger partial charge in [-0.25, -0.2) is 0 Å². The van der Waals surface area contributed by atoms with Crippen LogP contribution in [0.1, 0.15) is 37.0 Å². The minimum absolute atomic E-state index is 0.0786. The molecule has 1 fully saturated rings. The largest absolute Gasteiger partial charge is 0.372 e. The number of nitrogens with one attached hydrogen (secondary N) is 2. The quantitative estimate of drug-likeness (QED) is 0.757. The van der Waals surface area contributed by atoms with Crippen LogP contribution in [0, 0.1) is 0 Å². The van der Waals surface area contributed by atoms with Crippen LogP contribution in [0.25, 0.3) is 10.9 Å². The van der Waals surface area contributed by atoms with Crippen molar-refractivity contribution in [2.45, 2.75) is 45.0 Å². The van der Waals surface area contributed by atoms with Gasteiger partial charge in [-0.15, -0.1) is 0 Å². The van der Waals surface area contributed by atoms with Gasteiger partial charge >= 0.3 is 0 Å². The summed E-state index contributed by atoms with van der Waals surface area (Å²) in [6, 6.07) is 6.73. The molecular formula is C18H23N5O. The van der Waals surface area contributed by atoms with Crippen LogP contribution in [0.15, 0.2) is 36.8 Å². The smallest absolute Gasteiger partial charge is 0.101 e. The van der Waals surface area contributed by atoms with Crippen molar-refractivity contribution < 1.29 is 4.74 Å². The maximum Gasteiger partial charge on any atom is 0.101 e. The number of hydrogen-bond acceptors (Lipinski definition) is 4. The fraction of sp³-hybridized carbons (Fsp3) is 0.444. The third-order valence-corrected chi connectivity index (χ3v) is 4.70. The van der Waals surface area contributed by atoms with E-state index in [4.69, 9.17) is 4.74 Å². The molecule has 3 aromatic rings. The van der Waals surface area contributed by atoms with Crippen LogP contribution in [-0.4, -0.2) is 32.6 Å². The lowest BCUT2D eigenvalue weighted by Crippen LogP contribution is -2.39. The molecule has 6 nitrogen and oxygen atoms in total. The Morgan fingerprint density at radius 2 is 2.33 bits per heavy atom. The van der Waals surface area contributed by atoms with Gasteiger partial charge in [-0.3, -0.25) is 9.78 Å². The number of fused-ring (bicyclic) bond motifs is 1. The van der Waals surface area contributed by atoms with E-state index in [1.165, 1.54) is 5.56 Å². The molecule has 1 aliphatic heterocycles. The van der Waals surface area contributed by atoms with Gasteiger partial charge in [-0.2, -0.15) is 10.2 Å². The highest BCUT2D eigenvalue weighted by Gasteiger charge is 2.28. The predicted octanol–water partition coefficient (Wildman–Crippen LogP) is 2.79. The Bertz CT molecular complexity index is 808. The summed E-state index contributed by atoms with van der Waals surface area (Å²) >= 11 is 0. The summed E-state index contributed by atoms with van der Waals surface area (Å²) in [5.74, 6) is 0. The Morgan fingerprint density at radius 1 is 1.38 bits per heavy atom. The average Bonchev–Trinajstić information content (AvgIpc) is 3.28. The molecule has 0 spiro atoms.